The highest BCUT2D eigenvalue weighted by molar-refractivity contribution is 5.95. The van der Waals surface area contributed by atoms with Gasteiger partial charge >= 0.3 is 0 Å². The number of benzene rings is 1. The van der Waals surface area contributed by atoms with E-state index in [0.717, 1.165) is 25.5 Å². The zero-order valence-electron chi connectivity index (χ0n) is 17.3. The number of aldehydes is 1. The average molecular weight is 386 g/mol. The van der Waals surface area contributed by atoms with Gasteiger partial charge in [0.15, 0.2) is 0 Å². The molecule has 1 aromatic heterocycles. The van der Waals surface area contributed by atoms with E-state index in [4.69, 9.17) is 4.74 Å². The molecular weight excluding hydrogens is 356 g/mol. The monoisotopic (exact) mass is 386 g/mol. The quantitative estimate of drug-likeness (QED) is 0.632. The predicted molar refractivity (Wildman–Crippen MR) is 107 cm³/mol. The molecule has 2 rings (SSSR count). The number of amides is 1. The number of rotatable bonds is 10. The van der Waals surface area contributed by atoms with Crippen LogP contribution in [-0.2, 0) is 10.3 Å². The van der Waals surface area contributed by atoms with Crippen molar-refractivity contribution in [2.24, 2.45) is 5.92 Å². The van der Waals surface area contributed by atoms with E-state index in [9.17, 15) is 9.59 Å². The summed E-state index contributed by atoms with van der Waals surface area (Å²) in [5.41, 5.74) is 0.394. The number of unbranched alkanes of at least 4 members (excludes halogenated alkanes) is 1. The zero-order valence-corrected chi connectivity index (χ0v) is 17.3. The highest BCUT2D eigenvalue weighted by Crippen LogP contribution is 2.29. The molecular formula is C21H30N4O3. The van der Waals surface area contributed by atoms with Gasteiger partial charge in [-0.05, 0) is 37.5 Å². The summed E-state index contributed by atoms with van der Waals surface area (Å²) in [6.45, 7) is 8.03. The number of ether oxygens (including phenoxy) is 1. The van der Waals surface area contributed by atoms with Gasteiger partial charge in [-0.3, -0.25) is 4.79 Å². The first kappa shape index (κ1) is 21.6. The summed E-state index contributed by atoms with van der Waals surface area (Å²) in [5, 5.41) is 11.5. The highest BCUT2D eigenvalue weighted by Gasteiger charge is 2.36. The Morgan fingerprint density at radius 3 is 2.75 bits per heavy atom. The summed E-state index contributed by atoms with van der Waals surface area (Å²) < 4.78 is 6.80. The third-order valence-electron chi connectivity index (χ3n) is 5.25. The maximum Gasteiger partial charge on any atom is 0.252 e. The third kappa shape index (κ3) is 4.77. The van der Waals surface area contributed by atoms with Crippen molar-refractivity contribution in [2.75, 3.05) is 7.11 Å². The molecule has 152 valence electrons. The van der Waals surface area contributed by atoms with Crippen LogP contribution in [-0.4, -0.2) is 34.3 Å². The SMILES string of the molecule is CCCC[C@@H](C=O)n1cc([C@@](C)(NC(=O)c2cccc(OC)c2)C(C)C)nn1. The molecule has 0 fully saturated rings. The Kier molecular flexibility index (Phi) is 7.31. The largest absolute Gasteiger partial charge is 0.497 e. The van der Waals surface area contributed by atoms with Gasteiger partial charge in [0.1, 0.15) is 23.8 Å². The van der Waals surface area contributed by atoms with Crippen LogP contribution in [0.2, 0.25) is 0 Å². The van der Waals surface area contributed by atoms with Crippen molar-refractivity contribution >= 4 is 12.2 Å². The van der Waals surface area contributed by atoms with Crippen LogP contribution in [0.25, 0.3) is 0 Å². The fourth-order valence-electron chi connectivity index (χ4n) is 2.93. The summed E-state index contributed by atoms with van der Waals surface area (Å²) in [6, 6.07) is 6.66. The Bertz CT molecular complexity index is 802. The number of aromatic nitrogens is 3. The van der Waals surface area contributed by atoms with Crippen molar-refractivity contribution in [2.45, 2.75) is 58.5 Å². The first-order valence-electron chi connectivity index (χ1n) is 9.69. The van der Waals surface area contributed by atoms with Crippen LogP contribution in [0.1, 0.15) is 69.1 Å². The second kappa shape index (κ2) is 9.48. The lowest BCUT2D eigenvalue weighted by atomic mass is 9.85. The third-order valence-corrected chi connectivity index (χ3v) is 5.25. The summed E-state index contributed by atoms with van der Waals surface area (Å²) in [4.78, 5) is 24.3. The molecule has 0 saturated heterocycles. The molecule has 7 nitrogen and oxygen atoms in total. The molecule has 0 spiro atoms. The normalized spacial score (nSPS) is 14.4. The van der Waals surface area contributed by atoms with Gasteiger partial charge in [-0.2, -0.15) is 0 Å². The number of hydrogen-bond donors (Lipinski definition) is 1. The molecule has 1 N–H and O–H groups in total. The number of carbonyl (C=O) groups excluding carboxylic acids is 2. The van der Waals surface area contributed by atoms with Gasteiger partial charge in [0.2, 0.25) is 0 Å². The van der Waals surface area contributed by atoms with Crippen LogP contribution in [0.15, 0.2) is 30.5 Å². The molecule has 0 unspecified atom stereocenters. The molecule has 0 saturated carbocycles. The van der Waals surface area contributed by atoms with Crippen molar-refractivity contribution in [3.8, 4) is 5.75 Å². The number of methoxy groups -OCH3 is 1. The minimum absolute atomic E-state index is 0.0533. The molecule has 1 amide bonds. The summed E-state index contributed by atoms with van der Waals surface area (Å²) in [5.74, 6) is 0.453. The lowest BCUT2D eigenvalue weighted by molar-refractivity contribution is -0.111. The first-order valence-corrected chi connectivity index (χ1v) is 9.69. The second-order valence-corrected chi connectivity index (χ2v) is 7.47. The molecule has 0 aliphatic heterocycles. The molecule has 0 bridgehead atoms. The van der Waals surface area contributed by atoms with E-state index in [2.05, 4.69) is 22.6 Å². The predicted octanol–water partition coefficient (Wildman–Crippen LogP) is 3.52. The highest BCUT2D eigenvalue weighted by atomic mass is 16.5. The summed E-state index contributed by atoms with van der Waals surface area (Å²) in [6.07, 6.45) is 5.33. The molecule has 2 aromatic rings. The lowest BCUT2D eigenvalue weighted by Crippen LogP contribution is -2.47. The molecule has 0 aliphatic carbocycles. The van der Waals surface area contributed by atoms with Gasteiger partial charge in [-0.1, -0.05) is 44.9 Å². The Hall–Kier alpha value is -2.70. The van der Waals surface area contributed by atoms with E-state index >= 15 is 0 Å². The van der Waals surface area contributed by atoms with E-state index in [-0.39, 0.29) is 17.9 Å². The molecule has 1 heterocycles. The zero-order chi connectivity index (χ0) is 20.7. The number of nitrogens with zero attached hydrogens (tertiary/aromatic N) is 3. The fourth-order valence-corrected chi connectivity index (χ4v) is 2.93. The maximum absolute atomic E-state index is 12.9. The van der Waals surface area contributed by atoms with Gasteiger partial charge < -0.3 is 14.8 Å². The van der Waals surface area contributed by atoms with Crippen molar-refractivity contribution in [3.05, 3.63) is 41.7 Å². The topological polar surface area (TPSA) is 86.1 Å². The van der Waals surface area contributed by atoms with E-state index in [1.165, 1.54) is 0 Å². The maximum atomic E-state index is 12.9. The van der Waals surface area contributed by atoms with Crippen LogP contribution < -0.4 is 10.1 Å². The van der Waals surface area contributed by atoms with Gasteiger partial charge in [0.05, 0.1) is 18.8 Å². The van der Waals surface area contributed by atoms with Crippen molar-refractivity contribution in [1.82, 2.24) is 20.3 Å². The molecule has 7 heteroatoms. The van der Waals surface area contributed by atoms with E-state index in [1.807, 2.05) is 20.8 Å². The van der Waals surface area contributed by atoms with Crippen LogP contribution in [0.3, 0.4) is 0 Å². The van der Waals surface area contributed by atoms with Crippen molar-refractivity contribution in [3.63, 3.8) is 0 Å². The van der Waals surface area contributed by atoms with Gasteiger partial charge in [-0.25, -0.2) is 4.68 Å². The van der Waals surface area contributed by atoms with Crippen LogP contribution in [0.5, 0.6) is 5.75 Å². The number of hydrogen-bond acceptors (Lipinski definition) is 5. The van der Waals surface area contributed by atoms with Crippen molar-refractivity contribution < 1.29 is 14.3 Å². The van der Waals surface area contributed by atoms with Crippen LogP contribution in [0.4, 0.5) is 0 Å². The van der Waals surface area contributed by atoms with E-state index in [0.29, 0.717) is 17.0 Å². The van der Waals surface area contributed by atoms with Gasteiger partial charge in [0.25, 0.3) is 5.91 Å². The fraction of sp³-hybridized carbons (Fsp3) is 0.524. The van der Waals surface area contributed by atoms with E-state index in [1.54, 1.807) is 42.3 Å². The number of nitrogens with one attached hydrogen (secondary N) is 1. The summed E-state index contributed by atoms with van der Waals surface area (Å²) in [7, 11) is 1.57. The smallest absolute Gasteiger partial charge is 0.252 e. The Balaban J connectivity index is 2.28. The molecule has 28 heavy (non-hydrogen) atoms. The molecule has 0 aliphatic rings. The summed E-state index contributed by atoms with van der Waals surface area (Å²) >= 11 is 0. The molecule has 2 atom stereocenters. The second-order valence-electron chi connectivity index (χ2n) is 7.47. The molecule has 0 radical (unpaired) electrons. The number of carbonyl (C=O) groups is 2. The average Bonchev–Trinajstić information content (AvgIpc) is 3.19. The Morgan fingerprint density at radius 2 is 2.14 bits per heavy atom. The van der Waals surface area contributed by atoms with Crippen LogP contribution >= 0.6 is 0 Å². The van der Waals surface area contributed by atoms with Gasteiger partial charge in [0, 0.05) is 5.56 Å². The Morgan fingerprint density at radius 1 is 1.39 bits per heavy atom. The van der Waals surface area contributed by atoms with Crippen LogP contribution in [0, 0.1) is 5.92 Å². The lowest BCUT2D eigenvalue weighted by Gasteiger charge is -2.33. The standard InChI is InChI=1S/C21H30N4O3/c1-6-7-10-17(14-26)25-13-19(23-24-25)21(4,15(2)3)22-20(27)16-9-8-11-18(12-16)28-5/h8-9,11-15,17H,6-7,10H2,1-5H3,(H,22,27)/t17-,21-/m0/s1. The van der Waals surface area contributed by atoms with E-state index < -0.39 is 5.54 Å². The minimum atomic E-state index is -0.739. The minimum Gasteiger partial charge on any atom is -0.497 e. The van der Waals surface area contributed by atoms with Gasteiger partial charge in [-0.15, -0.1) is 5.10 Å². The first-order chi connectivity index (χ1) is 13.3. The van der Waals surface area contributed by atoms with Crippen molar-refractivity contribution in [1.29, 1.82) is 0 Å². The Labute approximate surface area is 166 Å². The molecule has 1 aromatic carbocycles.